The molecule has 1 aromatic carbocycles. The van der Waals surface area contributed by atoms with Crippen LogP contribution in [0, 0.1) is 17.0 Å². The molecule has 0 aliphatic heterocycles. The van der Waals surface area contributed by atoms with Gasteiger partial charge in [0.15, 0.2) is 9.84 Å². The summed E-state index contributed by atoms with van der Waals surface area (Å²) in [7, 11) is -2.84. The fourth-order valence-electron chi connectivity index (χ4n) is 3.05. The predicted molar refractivity (Wildman–Crippen MR) is 103 cm³/mol. The number of ether oxygens (including phenoxy) is 1. The number of aromatic nitrogens is 2. The smallest absolute Gasteiger partial charge is 0.354 e. The zero-order valence-electron chi connectivity index (χ0n) is 16.0. The molecule has 2 aromatic rings. The van der Waals surface area contributed by atoms with Crippen LogP contribution in [0.15, 0.2) is 40.2 Å². The molecule has 1 aliphatic rings. The van der Waals surface area contributed by atoms with Gasteiger partial charge in [-0.2, -0.15) is 4.98 Å². The molecule has 0 N–H and O–H groups in total. The zero-order valence-corrected chi connectivity index (χ0v) is 16.8. The maximum atomic E-state index is 13.2. The molecule has 1 saturated carbocycles. The van der Waals surface area contributed by atoms with Gasteiger partial charge in [0.2, 0.25) is 0 Å². The number of hydrogen-bond donors (Lipinski definition) is 0. The van der Waals surface area contributed by atoms with Crippen LogP contribution in [0.4, 0.5) is 14.5 Å². The summed E-state index contributed by atoms with van der Waals surface area (Å²) < 4.78 is 58.0. The van der Waals surface area contributed by atoms with Gasteiger partial charge >= 0.3 is 5.69 Å². The van der Waals surface area contributed by atoms with E-state index in [2.05, 4.69) is 15.0 Å². The maximum absolute atomic E-state index is 13.2. The van der Waals surface area contributed by atoms with Crippen LogP contribution in [-0.4, -0.2) is 48.6 Å². The summed E-state index contributed by atoms with van der Waals surface area (Å²) in [5.74, 6) is -3.45. The highest BCUT2D eigenvalue weighted by molar-refractivity contribution is 7.92. The Bertz CT molecular complexity index is 1090. The number of sulfone groups is 1. The zero-order chi connectivity index (χ0) is 22.1. The monoisotopic (exact) mass is 440 g/mol. The van der Waals surface area contributed by atoms with Gasteiger partial charge < -0.3 is 4.74 Å². The molecule has 1 aromatic heterocycles. The Hall–Kier alpha value is -3.02. The van der Waals surface area contributed by atoms with Crippen molar-refractivity contribution >= 4 is 21.7 Å². The number of nitrogens with zero attached hydrogens (tertiary/aromatic N) is 4. The molecule has 160 valence electrons. The lowest BCUT2D eigenvalue weighted by Crippen LogP contribution is -2.43. The fourth-order valence-corrected chi connectivity index (χ4v) is 4.62. The van der Waals surface area contributed by atoms with Crippen molar-refractivity contribution in [2.75, 3.05) is 7.05 Å². The number of aryl methyl sites for hydroxylation is 1. The standard InChI is InChI=1S/C18H18F2N4O5S/c1-11-22-15(14(10-21-2)30(27,28)13-6-4-3-5-7-13)16(24(25)26)17(23-11)29-12-8-18(19,20)9-12/h3-7,10,12,14H,8-9H2,1-2H3/b21-10-. The molecule has 0 radical (unpaired) electrons. The number of halogens is 2. The van der Waals surface area contributed by atoms with Crippen molar-refractivity contribution in [2.24, 2.45) is 4.99 Å². The Morgan fingerprint density at radius 2 is 1.93 bits per heavy atom. The molecule has 30 heavy (non-hydrogen) atoms. The van der Waals surface area contributed by atoms with E-state index in [1.807, 2.05) is 0 Å². The number of aliphatic imine (C=N–C) groups is 1. The third kappa shape index (κ3) is 4.27. The van der Waals surface area contributed by atoms with E-state index in [0.717, 1.165) is 6.21 Å². The average molecular weight is 440 g/mol. The summed E-state index contributed by atoms with van der Waals surface area (Å²) in [6.07, 6.45) is -1.15. The van der Waals surface area contributed by atoms with Crippen LogP contribution < -0.4 is 4.74 Å². The Kier molecular flexibility index (Phi) is 5.79. The van der Waals surface area contributed by atoms with Crippen molar-refractivity contribution < 1.29 is 26.9 Å². The molecule has 3 rings (SSSR count). The van der Waals surface area contributed by atoms with Gasteiger partial charge in [0.05, 0.1) is 9.82 Å². The van der Waals surface area contributed by atoms with E-state index in [4.69, 9.17) is 4.74 Å². The first-order valence-electron chi connectivity index (χ1n) is 8.84. The van der Waals surface area contributed by atoms with Crippen molar-refractivity contribution in [3.8, 4) is 5.88 Å². The van der Waals surface area contributed by atoms with Crippen molar-refractivity contribution in [3.63, 3.8) is 0 Å². The number of benzene rings is 1. The Morgan fingerprint density at radius 3 is 2.47 bits per heavy atom. The van der Waals surface area contributed by atoms with Crippen molar-refractivity contribution in [1.29, 1.82) is 0 Å². The third-order valence-corrected chi connectivity index (χ3v) is 6.41. The van der Waals surface area contributed by atoms with Gasteiger partial charge in [0, 0.05) is 26.1 Å². The molecule has 0 spiro atoms. The SMILES string of the molecule is C/N=C\C(c1nc(C)nc(OC2CC(F)(F)C2)c1[N+](=O)[O-])S(=O)(=O)c1ccccc1. The number of hydrogen-bond acceptors (Lipinski definition) is 8. The summed E-state index contributed by atoms with van der Waals surface area (Å²) in [4.78, 5) is 22.4. The minimum absolute atomic E-state index is 0.00514. The van der Waals surface area contributed by atoms with Crippen molar-refractivity contribution in [2.45, 2.75) is 41.9 Å². The highest BCUT2D eigenvalue weighted by Gasteiger charge is 2.48. The van der Waals surface area contributed by atoms with E-state index in [-0.39, 0.29) is 10.7 Å². The largest absolute Gasteiger partial charge is 0.469 e. The second kappa shape index (κ2) is 8.01. The molecule has 12 heteroatoms. The van der Waals surface area contributed by atoms with E-state index in [0.29, 0.717) is 0 Å². The molecule has 9 nitrogen and oxygen atoms in total. The van der Waals surface area contributed by atoms with Gasteiger partial charge in [-0.15, -0.1) is 0 Å². The minimum Gasteiger partial charge on any atom is -0.469 e. The van der Waals surface area contributed by atoms with Gasteiger partial charge in [-0.25, -0.2) is 22.2 Å². The van der Waals surface area contributed by atoms with Crippen molar-refractivity contribution in [3.05, 3.63) is 52.0 Å². The van der Waals surface area contributed by atoms with Gasteiger partial charge in [-0.05, 0) is 19.1 Å². The van der Waals surface area contributed by atoms with Crippen LogP contribution in [0.25, 0.3) is 0 Å². The first kappa shape index (κ1) is 21.7. The van der Waals surface area contributed by atoms with Crippen molar-refractivity contribution in [1.82, 2.24) is 9.97 Å². The fraction of sp³-hybridized carbons (Fsp3) is 0.389. The maximum Gasteiger partial charge on any atom is 0.354 e. The predicted octanol–water partition coefficient (Wildman–Crippen LogP) is 3.09. The minimum atomic E-state index is -4.16. The quantitative estimate of drug-likeness (QED) is 0.368. The van der Waals surface area contributed by atoms with Crippen LogP contribution in [0.2, 0.25) is 0 Å². The lowest BCUT2D eigenvalue weighted by atomic mass is 9.91. The molecule has 1 aliphatic carbocycles. The molecule has 1 atom stereocenters. The average Bonchev–Trinajstić information content (AvgIpc) is 2.64. The summed E-state index contributed by atoms with van der Waals surface area (Å²) in [6.45, 7) is 1.39. The molecule has 0 amide bonds. The van der Waals surface area contributed by atoms with E-state index in [9.17, 15) is 27.3 Å². The van der Waals surface area contributed by atoms with E-state index in [1.54, 1.807) is 6.07 Å². The first-order valence-corrected chi connectivity index (χ1v) is 10.4. The summed E-state index contributed by atoms with van der Waals surface area (Å²) >= 11 is 0. The molecular weight excluding hydrogens is 422 g/mol. The second-order valence-corrected chi connectivity index (χ2v) is 8.83. The second-order valence-electron chi connectivity index (χ2n) is 6.76. The molecule has 0 bridgehead atoms. The number of alkyl halides is 2. The van der Waals surface area contributed by atoms with Crippen LogP contribution in [0.1, 0.15) is 29.6 Å². The van der Waals surface area contributed by atoms with Gasteiger partial charge in [0.25, 0.3) is 11.8 Å². The Labute approximate surface area is 170 Å². The normalized spacial score (nSPS) is 17.5. The Balaban J connectivity index is 2.13. The summed E-state index contributed by atoms with van der Waals surface area (Å²) in [6, 6.07) is 7.34. The first-order chi connectivity index (χ1) is 14.0. The summed E-state index contributed by atoms with van der Waals surface area (Å²) in [5, 5.41) is 10.2. The lowest BCUT2D eigenvalue weighted by Gasteiger charge is -2.34. The highest BCUT2D eigenvalue weighted by atomic mass is 32.2. The van der Waals surface area contributed by atoms with Crippen LogP contribution in [-0.2, 0) is 9.84 Å². The molecule has 1 heterocycles. The van der Waals surface area contributed by atoms with E-state index >= 15 is 0 Å². The lowest BCUT2D eigenvalue weighted by molar-refractivity contribution is -0.387. The number of nitro groups is 1. The summed E-state index contributed by atoms with van der Waals surface area (Å²) in [5.41, 5.74) is -1.23. The molecule has 1 unspecified atom stereocenters. The van der Waals surface area contributed by atoms with Gasteiger partial charge in [0.1, 0.15) is 22.9 Å². The number of rotatable bonds is 7. The molecule has 1 fully saturated rings. The van der Waals surface area contributed by atoms with Gasteiger partial charge in [-0.3, -0.25) is 15.1 Å². The van der Waals surface area contributed by atoms with Crippen LogP contribution in [0.3, 0.4) is 0 Å². The van der Waals surface area contributed by atoms with E-state index < -0.39 is 62.1 Å². The topological polar surface area (TPSA) is 125 Å². The highest BCUT2D eigenvalue weighted by Crippen LogP contribution is 2.42. The molecule has 0 saturated heterocycles. The third-order valence-electron chi connectivity index (χ3n) is 4.46. The van der Waals surface area contributed by atoms with Gasteiger partial charge in [-0.1, -0.05) is 18.2 Å². The van der Waals surface area contributed by atoms with Crippen LogP contribution in [0.5, 0.6) is 5.88 Å². The van der Waals surface area contributed by atoms with E-state index in [1.165, 1.54) is 38.2 Å². The van der Waals surface area contributed by atoms with Crippen LogP contribution >= 0.6 is 0 Å². The molecular formula is C18H18F2N4O5S. The Morgan fingerprint density at radius 1 is 1.30 bits per heavy atom.